The molecule has 0 N–H and O–H groups in total. The van der Waals surface area contributed by atoms with Gasteiger partial charge in [-0.15, -0.1) is 22.9 Å². The van der Waals surface area contributed by atoms with Crippen LogP contribution in [0.2, 0.25) is 0 Å². The van der Waals surface area contributed by atoms with Crippen molar-refractivity contribution in [1.82, 2.24) is 14.5 Å². The molecule has 2 heterocycles. The summed E-state index contributed by atoms with van der Waals surface area (Å²) in [7, 11) is 0. The number of benzene rings is 1. The largest absolute Gasteiger partial charge is 0.320 e. The molecule has 0 atom stereocenters. The Morgan fingerprint density at radius 2 is 2.28 bits per heavy atom. The Kier molecular flexibility index (Phi) is 3.37. The zero-order chi connectivity index (χ0) is 12.5. The molecule has 0 amide bonds. The molecule has 0 spiro atoms. The summed E-state index contributed by atoms with van der Waals surface area (Å²) in [4.78, 5) is 8.85. The van der Waals surface area contributed by atoms with E-state index in [1.54, 1.807) is 11.3 Å². The molecule has 0 saturated carbocycles. The van der Waals surface area contributed by atoms with E-state index in [1.807, 2.05) is 23.7 Å². The summed E-state index contributed by atoms with van der Waals surface area (Å²) in [5.74, 6) is 1.28. The van der Waals surface area contributed by atoms with Crippen LogP contribution in [0.3, 0.4) is 0 Å². The molecule has 92 valence electrons. The van der Waals surface area contributed by atoms with Crippen LogP contribution in [0, 0.1) is 0 Å². The molecule has 0 saturated heterocycles. The predicted octanol–water partition coefficient (Wildman–Crippen LogP) is 4.04. The number of aromatic nitrogens is 3. The molecule has 2 aromatic heterocycles. The third-order valence-corrected chi connectivity index (χ3v) is 4.18. The van der Waals surface area contributed by atoms with Crippen LogP contribution in [0.5, 0.6) is 0 Å². The Balaban J connectivity index is 2.15. The van der Waals surface area contributed by atoms with Crippen molar-refractivity contribution in [2.75, 3.05) is 0 Å². The standard InChI is InChI=1S/C12H9BrClN3S/c13-8-1-2-9-10(5-8)17(11(6-14)16-9)7-12-15-3-4-18-12/h1-5H,6-7H2. The van der Waals surface area contributed by atoms with Crippen LogP contribution in [-0.2, 0) is 12.4 Å². The third-order valence-electron chi connectivity index (χ3n) is 2.69. The third kappa shape index (κ3) is 2.18. The minimum atomic E-state index is 0.400. The van der Waals surface area contributed by atoms with Gasteiger partial charge in [0, 0.05) is 16.0 Å². The number of rotatable bonds is 3. The van der Waals surface area contributed by atoms with E-state index in [2.05, 4.69) is 36.5 Å². The number of hydrogen-bond acceptors (Lipinski definition) is 3. The van der Waals surface area contributed by atoms with Gasteiger partial charge >= 0.3 is 0 Å². The van der Waals surface area contributed by atoms with Gasteiger partial charge in [-0.25, -0.2) is 9.97 Å². The van der Waals surface area contributed by atoms with Crippen molar-refractivity contribution in [2.24, 2.45) is 0 Å². The minimum Gasteiger partial charge on any atom is -0.320 e. The van der Waals surface area contributed by atoms with Crippen LogP contribution in [0.15, 0.2) is 34.2 Å². The molecule has 0 aliphatic rings. The van der Waals surface area contributed by atoms with Crippen molar-refractivity contribution in [3.63, 3.8) is 0 Å². The number of nitrogens with zero attached hydrogens (tertiary/aromatic N) is 3. The van der Waals surface area contributed by atoms with Gasteiger partial charge in [0.2, 0.25) is 0 Å². The van der Waals surface area contributed by atoms with E-state index in [1.165, 1.54) is 0 Å². The first-order valence-electron chi connectivity index (χ1n) is 5.37. The average molecular weight is 343 g/mol. The lowest BCUT2D eigenvalue weighted by Gasteiger charge is -2.05. The molecule has 0 unspecified atom stereocenters. The maximum atomic E-state index is 5.97. The zero-order valence-corrected chi connectivity index (χ0v) is 12.5. The quantitative estimate of drug-likeness (QED) is 0.673. The Bertz CT molecular complexity index is 678. The van der Waals surface area contributed by atoms with E-state index in [0.717, 1.165) is 26.3 Å². The van der Waals surface area contributed by atoms with Crippen LogP contribution in [0.25, 0.3) is 11.0 Å². The molecule has 3 nitrogen and oxygen atoms in total. The summed E-state index contributed by atoms with van der Waals surface area (Å²) in [5, 5.41) is 3.03. The Hall–Kier alpha value is -0.910. The molecule has 6 heteroatoms. The first-order valence-corrected chi connectivity index (χ1v) is 7.57. The van der Waals surface area contributed by atoms with E-state index in [0.29, 0.717) is 12.4 Å². The fraction of sp³-hybridized carbons (Fsp3) is 0.167. The molecule has 0 aliphatic carbocycles. The van der Waals surface area contributed by atoms with Gasteiger partial charge in [-0.2, -0.15) is 0 Å². The lowest BCUT2D eigenvalue weighted by Crippen LogP contribution is -2.03. The van der Waals surface area contributed by atoms with Crippen molar-refractivity contribution >= 4 is 49.9 Å². The summed E-state index contributed by atoms with van der Waals surface area (Å²) < 4.78 is 3.16. The van der Waals surface area contributed by atoms with Gasteiger partial charge in [-0.3, -0.25) is 0 Å². The molecule has 1 aromatic carbocycles. The minimum absolute atomic E-state index is 0.400. The Morgan fingerprint density at radius 3 is 3.00 bits per heavy atom. The maximum Gasteiger partial charge on any atom is 0.125 e. The number of fused-ring (bicyclic) bond motifs is 1. The lowest BCUT2D eigenvalue weighted by atomic mass is 10.3. The van der Waals surface area contributed by atoms with E-state index in [9.17, 15) is 0 Å². The van der Waals surface area contributed by atoms with E-state index >= 15 is 0 Å². The lowest BCUT2D eigenvalue weighted by molar-refractivity contribution is 0.773. The second-order valence-corrected chi connectivity index (χ2v) is 5.97. The van der Waals surface area contributed by atoms with Crippen LogP contribution in [0.1, 0.15) is 10.8 Å². The highest BCUT2D eigenvalue weighted by Gasteiger charge is 2.11. The van der Waals surface area contributed by atoms with Gasteiger partial charge < -0.3 is 4.57 Å². The van der Waals surface area contributed by atoms with Crippen LogP contribution >= 0.6 is 38.9 Å². The van der Waals surface area contributed by atoms with Gasteiger partial charge in [0.25, 0.3) is 0 Å². The topological polar surface area (TPSA) is 30.7 Å². The molecule has 0 fully saturated rings. The van der Waals surface area contributed by atoms with E-state index < -0.39 is 0 Å². The second kappa shape index (κ2) is 4.99. The molecule has 3 rings (SSSR count). The average Bonchev–Trinajstić information content (AvgIpc) is 2.98. The molecular weight excluding hydrogens is 334 g/mol. The molecular formula is C12H9BrClN3S. The van der Waals surface area contributed by atoms with Crippen LogP contribution < -0.4 is 0 Å². The first-order chi connectivity index (χ1) is 8.78. The number of thiazole rings is 1. The fourth-order valence-corrected chi connectivity index (χ4v) is 3.05. The molecule has 0 bridgehead atoms. The van der Waals surface area contributed by atoms with Crippen molar-refractivity contribution in [3.05, 3.63) is 45.1 Å². The van der Waals surface area contributed by atoms with Gasteiger partial charge in [0.05, 0.1) is 23.5 Å². The highest BCUT2D eigenvalue weighted by molar-refractivity contribution is 9.10. The number of imidazole rings is 1. The fourth-order valence-electron chi connectivity index (χ4n) is 1.89. The van der Waals surface area contributed by atoms with Gasteiger partial charge in [-0.05, 0) is 18.2 Å². The normalized spacial score (nSPS) is 11.2. The smallest absolute Gasteiger partial charge is 0.125 e. The van der Waals surface area contributed by atoms with E-state index in [4.69, 9.17) is 11.6 Å². The molecule has 0 radical (unpaired) electrons. The summed E-state index contributed by atoms with van der Waals surface area (Å²) in [5.41, 5.74) is 2.04. The summed E-state index contributed by atoms with van der Waals surface area (Å²) >= 11 is 11.1. The highest BCUT2D eigenvalue weighted by Crippen LogP contribution is 2.23. The SMILES string of the molecule is ClCc1nc2ccc(Br)cc2n1Cc1nccs1. The monoisotopic (exact) mass is 341 g/mol. The summed E-state index contributed by atoms with van der Waals surface area (Å²) in [6, 6.07) is 6.04. The van der Waals surface area contributed by atoms with E-state index in [-0.39, 0.29) is 0 Å². The second-order valence-electron chi connectivity index (χ2n) is 3.81. The van der Waals surface area contributed by atoms with Gasteiger partial charge in [0.15, 0.2) is 0 Å². The Labute approximate surface area is 122 Å². The van der Waals surface area contributed by atoms with Crippen molar-refractivity contribution < 1.29 is 0 Å². The van der Waals surface area contributed by atoms with Gasteiger partial charge in [-0.1, -0.05) is 15.9 Å². The van der Waals surface area contributed by atoms with Crippen LogP contribution in [-0.4, -0.2) is 14.5 Å². The number of hydrogen-bond donors (Lipinski definition) is 0. The highest BCUT2D eigenvalue weighted by atomic mass is 79.9. The molecule has 3 aromatic rings. The molecule has 0 aliphatic heterocycles. The van der Waals surface area contributed by atoms with Crippen molar-refractivity contribution in [2.45, 2.75) is 12.4 Å². The van der Waals surface area contributed by atoms with Crippen molar-refractivity contribution in [1.29, 1.82) is 0 Å². The zero-order valence-electron chi connectivity index (χ0n) is 9.31. The van der Waals surface area contributed by atoms with Gasteiger partial charge in [0.1, 0.15) is 10.8 Å². The maximum absolute atomic E-state index is 5.97. The summed E-state index contributed by atoms with van der Waals surface area (Å²) in [6.45, 7) is 0.715. The van der Waals surface area contributed by atoms with Crippen LogP contribution in [0.4, 0.5) is 0 Å². The predicted molar refractivity (Wildman–Crippen MR) is 78.2 cm³/mol. The number of halogens is 2. The first kappa shape index (κ1) is 12.1. The number of alkyl halides is 1. The van der Waals surface area contributed by atoms with Crippen molar-refractivity contribution in [3.8, 4) is 0 Å². The molecule has 18 heavy (non-hydrogen) atoms. The summed E-state index contributed by atoms with van der Waals surface area (Å²) in [6.07, 6.45) is 1.81. The Morgan fingerprint density at radius 1 is 1.39 bits per heavy atom.